The van der Waals surface area contributed by atoms with Gasteiger partial charge in [0.1, 0.15) is 0 Å². The topological polar surface area (TPSA) is 92.3 Å². The van der Waals surface area contributed by atoms with Crippen molar-refractivity contribution >= 4 is 23.6 Å². The molecule has 2 N–H and O–H groups in total. The lowest BCUT2D eigenvalue weighted by Crippen LogP contribution is -2.18. The number of amides is 4. The molecule has 2 aliphatic heterocycles. The molecular formula is C12H18N2O4. The van der Waals surface area contributed by atoms with Crippen LogP contribution in [0.5, 0.6) is 0 Å². The van der Waals surface area contributed by atoms with E-state index < -0.39 is 0 Å². The predicted octanol–water partition coefficient (Wildman–Crippen LogP) is 0.428. The van der Waals surface area contributed by atoms with Crippen molar-refractivity contribution in [2.24, 2.45) is 0 Å². The van der Waals surface area contributed by atoms with Crippen LogP contribution >= 0.6 is 0 Å². The van der Waals surface area contributed by atoms with Gasteiger partial charge in [0.05, 0.1) is 0 Å². The van der Waals surface area contributed by atoms with E-state index in [-0.39, 0.29) is 23.6 Å². The van der Waals surface area contributed by atoms with E-state index in [4.69, 9.17) is 0 Å². The number of hydrogen-bond acceptors (Lipinski definition) is 4. The predicted molar refractivity (Wildman–Crippen MR) is 65.3 cm³/mol. The summed E-state index contributed by atoms with van der Waals surface area (Å²) in [4.78, 5) is 40.5. The van der Waals surface area contributed by atoms with Gasteiger partial charge in [0.25, 0.3) is 0 Å². The molecule has 100 valence electrons. The minimum atomic E-state index is -0.148. The second-order valence-electron chi connectivity index (χ2n) is 4.15. The average Bonchev–Trinajstić information content (AvgIpc) is 2.76. The Morgan fingerprint density at radius 1 is 0.778 bits per heavy atom. The van der Waals surface area contributed by atoms with Gasteiger partial charge in [0, 0.05) is 25.7 Å². The Hall–Kier alpha value is -1.98. The van der Waals surface area contributed by atoms with Crippen molar-refractivity contribution in [1.82, 2.24) is 10.6 Å². The summed E-state index contributed by atoms with van der Waals surface area (Å²) in [6.07, 6.45) is 1.50. The molecule has 0 aromatic heterocycles. The lowest BCUT2D eigenvalue weighted by molar-refractivity contribution is -0.126. The summed E-state index contributed by atoms with van der Waals surface area (Å²) in [7, 11) is 0. The van der Waals surface area contributed by atoms with E-state index in [2.05, 4.69) is 17.2 Å². The largest absolute Gasteiger partial charge is 0.296 e. The molecule has 0 unspecified atom stereocenters. The van der Waals surface area contributed by atoms with Crippen molar-refractivity contribution in [3.05, 3.63) is 12.2 Å². The Balaban J connectivity index is 0.000000253. The summed E-state index contributed by atoms with van der Waals surface area (Å²) in [6, 6.07) is 0. The third-order valence-corrected chi connectivity index (χ3v) is 1.72. The van der Waals surface area contributed by atoms with Crippen LogP contribution in [0.3, 0.4) is 0 Å². The molecule has 0 radical (unpaired) electrons. The zero-order valence-electron chi connectivity index (χ0n) is 10.7. The van der Waals surface area contributed by atoms with Crippen LogP contribution in [0.15, 0.2) is 12.2 Å². The van der Waals surface area contributed by atoms with E-state index in [9.17, 15) is 19.2 Å². The van der Waals surface area contributed by atoms with Gasteiger partial charge in [-0.1, -0.05) is 5.57 Å². The van der Waals surface area contributed by atoms with Gasteiger partial charge in [-0.05, 0) is 13.8 Å². The molecule has 2 saturated heterocycles. The number of allylic oxidation sites excluding steroid dienone is 1. The van der Waals surface area contributed by atoms with Crippen LogP contribution in [0.2, 0.25) is 0 Å². The normalized spacial score (nSPS) is 17.0. The quantitative estimate of drug-likeness (QED) is 0.484. The first-order chi connectivity index (χ1) is 8.31. The third kappa shape index (κ3) is 9.26. The Bertz CT molecular complexity index is 312. The van der Waals surface area contributed by atoms with E-state index in [1.165, 1.54) is 5.57 Å². The first-order valence-electron chi connectivity index (χ1n) is 5.58. The molecular weight excluding hydrogens is 236 g/mol. The maximum atomic E-state index is 10.1. The van der Waals surface area contributed by atoms with Crippen LogP contribution in [0, 0.1) is 0 Å². The molecule has 0 aromatic rings. The van der Waals surface area contributed by atoms with Gasteiger partial charge in [-0.25, -0.2) is 0 Å². The number of hydrogen-bond donors (Lipinski definition) is 2. The van der Waals surface area contributed by atoms with Gasteiger partial charge in [0.2, 0.25) is 23.6 Å². The van der Waals surface area contributed by atoms with Crippen molar-refractivity contribution in [3.63, 3.8) is 0 Å². The van der Waals surface area contributed by atoms with Crippen LogP contribution in [0.4, 0.5) is 0 Å². The maximum Gasteiger partial charge on any atom is 0.227 e. The highest BCUT2D eigenvalue weighted by molar-refractivity contribution is 6.02. The number of carbonyl (C=O) groups is 4. The van der Waals surface area contributed by atoms with Crippen molar-refractivity contribution in [2.75, 3.05) is 0 Å². The Morgan fingerprint density at radius 3 is 1.00 bits per heavy atom. The highest BCUT2D eigenvalue weighted by Gasteiger charge is 2.16. The second-order valence-corrected chi connectivity index (χ2v) is 4.15. The van der Waals surface area contributed by atoms with Crippen molar-refractivity contribution in [1.29, 1.82) is 0 Å². The van der Waals surface area contributed by atoms with Crippen LogP contribution in [0.1, 0.15) is 39.5 Å². The van der Waals surface area contributed by atoms with Crippen molar-refractivity contribution in [2.45, 2.75) is 39.5 Å². The zero-order valence-corrected chi connectivity index (χ0v) is 10.7. The molecule has 2 aliphatic rings. The highest BCUT2D eigenvalue weighted by Crippen LogP contribution is 1.96. The fourth-order valence-electron chi connectivity index (χ4n) is 1.02. The molecule has 2 heterocycles. The van der Waals surface area contributed by atoms with E-state index in [0.29, 0.717) is 25.7 Å². The number of nitrogens with one attached hydrogen (secondary N) is 2. The third-order valence-electron chi connectivity index (χ3n) is 1.72. The fourth-order valence-corrected chi connectivity index (χ4v) is 1.02. The SMILES string of the molecule is C=C(C)C.O=C1CCC(=O)N1.O=C1CCC(=O)N1. The summed E-state index contributed by atoms with van der Waals surface area (Å²) >= 11 is 0. The van der Waals surface area contributed by atoms with Crippen LogP contribution in [-0.4, -0.2) is 23.6 Å². The molecule has 0 aromatic carbocycles. The van der Waals surface area contributed by atoms with E-state index >= 15 is 0 Å². The highest BCUT2D eigenvalue weighted by atomic mass is 16.2. The van der Waals surface area contributed by atoms with Gasteiger partial charge in [-0.3, -0.25) is 29.8 Å². The summed E-state index contributed by atoms with van der Waals surface area (Å²) in [6.45, 7) is 7.50. The Kier molecular flexibility index (Phi) is 7.26. The monoisotopic (exact) mass is 254 g/mol. The molecule has 0 bridgehead atoms. The molecule has 0 aliphatic carbocycles. The second kappa shape index (κ2) is 8.16. The lowest BCUT2D eigenvalue weighted by atomic mass is 10.4. The van der Waals surface area contributed by atoms with Crippen LogP contribution in [0.25, 0.3) is 0 Å². The Labute approximate surface area is 106 Å². The molecule has 2 rings (SSSR count). The maximum absolute atomic E-state index is 10.1. The van der Waals surface area contributed by atoms with E-state index in [1.807, 2.05) is 13.8 Å². The molecule has 0 atom stereocenters. The summed E-state index contributed by atoms with van der Waals surface area (Å²) in [5.41, 5.74) is 1.17. The van der Waals surface area contributed by atoms with Crippen LogP contribution < -0.4 is 10.6 Å². The summed E-state index contributed by atoms with van der Waals surface area (Å²) in [5, 5.41) is 4.28. The van der Waals surface area contributed by atoms with Gasteiger partial charge in [-0.15, -0.1) is 6.58 Å². The van der Waals surface area contributed by atoms with Crippen LogP contribution in [-0.2, 0) is 19.2 Å². The molecule has 6 nitrogen and oxygen atoms in total. The van der Waals surface area contributed by atoms with Crippen molar-refractivity contribution in [3.8, 4) is 0 Å². The standard InChI is InChI=1S/2C4H5NO2.C4H8/c2*6-3-1-2-4(7)5-3;1-4(2)3/h2*1-2H2,(H,5,6,7);1H2,2-3H3. The van der Waals surface area contributed by atoms with Gasteiger partial charge in [-0.2, -0.15) is 0 Å². The smallest absolute Gasteiger partial charge is 0.227 e. The molecule has 4 amide bonds. The van der Waals surface area contributed by atoms with E-state index in [1.54, 1.807) is 0 Å². The first-order valence-corrected chi connectivity index (χ1v) is 5.58. The lowest BCUT2D eigenvalue weighted by Gasteiger charge is -1.79. The van der Waals surface area contributed by atoms with Gasteiger partial charge < -0.3 is 0 Å². The Morgan fingerprint density at radius 2 is 0.944 bits per heavy atom. The number of imide groups is 2. The summed E-state index contributed by atoms with van der Waals surface area (Å²) < 4.78 is 0. The molecule has 6 heteroatoms. The average molecular weight is 254 g/mol. The minimum Gasteiger partial charge on any atom is -0.296 e. The zero-order chi connectivity index (χ0) is 14.1. The summed E-state index contributed by atoms with van der Waals surface area (Å²) in [5.74, 6) is -0.593. The molecule has 0 spiro atoms. The number of rotatable bonds is 0. The molecule has 0 saturated carbocycles. The minimum absolute atomic E-state index is 0.148. The molecule has 2 fully saturated rings. The number of carbonyl (C=O) groups excluding carboxylic acids is 4. The van der Waals surface area contributed by atoms with Gasteiger partial charge >= 0.3 is 0 Å². The van der Waals surface area contributed by atoms with Gasteiger partial charge in [0.15, 0.2) is 0 Å². The first kappa shape index (κ1) is 16.0. The van der Waals surface area contributed by atoms with E-state index in [0.717, 1.165) is 0 Å². The fraction of sp³-hybridized carbons (Fsp3) is 0.500. The molecule has 18 heavy (non-hydrogen) atoms. The van der Waals surface area contributed by atoms with Crippen molar-refractivity contribution < 1.29 is 19.2 Å².